The number of H-pyrrole nitrogens is 1. The molecule has 0 atom stereocenters. The molecule has 102 valence electrons. The molecule has 0 amide bonds. The number of anilines is 2. The van der Waals surface area contributed by atoms with Crippen molar-refractivity contribution in [2.45, 2.75) is 19.4 Å². The van der Waals surface area contributed by atoms with Gasteiger partial charge in [-0.1, -0.05) is 0 Å². The third kappa shape index (κ3) is 4.34. The second kappa shape index (κ2) is 4.94. The van der Waals surface area contributed by atoms with Crippen molar-refractivity contribution in [3.05, 3.63) is 16.7 Å². The fourth-order valence-electron chi connectivity index (χ4n) is 1.39. The van der Waals surface area contributed by atoms with E-state index in [-0.39, 0.29) is 18.1 Å². The lowest BCUT2D eigenvalue weighted by molar-refractivity contribution is 0.476. The summed E-state index contributed by atoms with van der Waals surface area (Å²) in [4.78, 5) is 17.4. The second-order valence-corrected chi connectivity index (χ2v) is 6.35. The summed E-state index contributed by atoms with van der Waals surface area (Å²) < 4.78 is 24.7. The van der Waals surface area contributed by atoms with Crippen LogP contribution in [0.1, 0.15) is 13.8 Å². The zero-order valence-corrected chi connectivity index (χ0v) is 11.3. The standard InChI is InChI=1S/C9H17N5O3S/c1-9(2,14-18(3,16)17)4-11-7-6(10)8(15)13-5-12-7/h5,14H,4,10H2,1-3H3,(H2,11,12,13,15). The van der Waals surface area contributed by atoms with Crippen LogP contribution in [-0.4, -0.2) is 36.7 Å². The van der Waals surface area contributed by atoms with Crippen LogP contribution in [0.2, 0.25) is 0 Å². The van der Waals surface area contributed by atoms with Gasteiger partial charge in [-0.05, 0) is 13.8 Å². The molecule has 18 heavy (non-hydrogen) atoms. The topological polar surface area (TPSA) is 130 Å². The predicted molar refractivity (Wildman–Crippen MR) is 69.8 cm³/mol. The number of hydrogen-bond acceptors (Lipinski definition) is 6. The van der Waals surface area contributed by atoms with Gasteiger partial charge in [-0.15, -0.1) is 0 Å². The van der Waals surface area contributed by atoms with Crippen molar-refractivity contribution < 1.29 is 8.42 Å². The van der Waals surface area contributed by atoms with Crippen LogP contribution in [0, 0.1) is 0 Å². The Morgan fingerprint density at radius 2 is 2.11 bits per heavy atom. The first-order valence-corrected chi connectivity index (χ1v) is 7.06. The van der Waals surface area contributed by atoms with E-state index in [1.165, 1.54) is 6.33 Å². The van der Waals surface area contributed by atoms with E-state index in [1.54, 1.807) is 13.8 Å². The van der Waals surface area contributed by atoms with Crippen molar-refractivity contribution >= 4 is 21.5 Å². The van der Waals surface area contributed by atoms with Gasteiger partial charge in [0.2, 0.25) is 10.0 Å². The summed E-state index contributed by atoms with van der Waals surface area (Å²) in [5, 5.41) is 2.83. The fraction of sp³-hybridized carbons (Fsp3) is 0.556. The summed E-state index contributed by atoms with van der Waals surface area (Å²) in [6, 6.07) is 0. The molecule has 8 nitrogen and oxygen atoms in total. The van der Waals surface area contributed by atoms with E-state index in [0.717, 1.165) is 6.26 Å². The quantitative estimate of drug-likeness (QED) is 0.550. The molecule has 0 fully saturated rings. The Morgan fingerprint density at radius 1 is 1.50 bits per heavy atom. The monoisotopic (exact) mass is 275 g/mol. The molecule has 1 aromatic rings. The highest BCUT2D eigenvalue weighted by Crippen LogP contribution is 2.10. The van der Waals surface area contributed by atoms with Crippen LogP contribution in [0.5, 0.6) is 0 Å². The average Bonchev–Trinajstić information content (AvgIpc) is 2.17. The molecule has 1 rings (SSSR count). The van der Waals surface area contributed by atoms with Crippen molar-refractivity contribution in [2.24, 2.45) is 0 Å². The van der Waals surface area contributed by atoms with E-state index < -0.39 is 21.1 Å². The largest absolute Gasteiger partial charge is 0.391 e. The van der Waals surface area contributed by atoms with Crippen LogP contribution in [0.15, 0.2) is 11.1 Å². The van der Waals surface area contributed by atoms with Gasteiger partial charge >= 0.3 is 0 Å². The summed E-state index contributed by atoms with van der Waals surface area (Å²) in [6.45, 7) is 3.63. The Morgan fingerprint density at radius 3 is 2.67 bits per heavy atom. The third-order valence-corrected chi connectivity index (χ3v) is 2.97. The number of aromatic amines is 1. The molecule has 5 N–H and O–H groups in total. The van der Waals surface area contributed by atoms with Gasteiger partial charge in [-0.2, -0.15) is 0 Å². The summed E-state index contributed by atoms with van der Waals surface area (Å²) in [5.74, 6) is 0.224. The molecule has 0 unspecified atom stereocenters. The lowest BCUT2D eigenvalue weighted by atomic mass is 10.1. The first-order valence-electron chi connectivity index (χ1n) is 5.17. The van der Waals surface area contributed by atoms with Crippen LogP contribution in [-0.2, 0) is 10.0 Å². The second-order valence-electron chi connectivity index (χ2n) is 4.61. The third-order valence-electron chi connectivity index (χ3n) is 2.05. The number of nitrogens with one attached hydrogen (secondary N) is 3. The summed E-state index contributed by atoms with van der Waals surface area (Å²) in [6.07, 6.45) is 2.30. The summed E-state index contributed by atoms with van der Waals surface area (Å²) in [5.41, 5.74) is 4.32. The lowest BCUT2D eigenvalue weighted by Gasteiger charge is -2.25. The van der Waals surface area contributed by atoms with Gasteiger partial charge in [0.1, 0.15) is 5.69 Å². The fourth-order valence-corrected chi connectivity index (χ4v) is 2.47. The molecule has 0 aliphatic heterocycles. The van der Waals surface area contributed by atoms with Crippen molar-refractivity contribution in [1.29, 1.82) is 0 Å². The molecular formula is C9H17N5O3S. The molecule has 1 aromatic heterocycles. The van der Waals surface area contributed by atoms with Crippen LogP contribution >= 0.6 is 0 Å². The predicted octanol–water partition coefficient (Wildman–Crippen LogP) is -0.908. The number of nitrogens with two attached hydrogens (primary N) is 1. The van der Waals surface area contributed by atoms with Crippen molar-refractivity contribution in [3.8, 4) is 0 Å². The Balaban J connectivity index is 2.76. The molecular weight excluding hydrogens is 258 g/mol. The van der Waals surface area contributed by atoms with Crippen molar-refractivity contribution in [2.75, 3.05) is 23.9 Å². The first kappa shape index (κ1) is 14.5. The minimum absolute atomic E-state index is 0.0346. The van der Waals surface area contributed by atoms with Gasteiger partial charge in [0.25, 0.3) is 5.56 Å². The molecule has 9 heteroatoms. The molecule has 1 heterocycles. The Bertz CT molecular complexity index is 578. The minimum Gasteiger partial charge on any atom is -0.391 e. The van der Waals surface area contributed by atoms with Gasteiger partial charge in [-0.25, -0.2) is 18.1 Å². The molecule has 0 aliphatic carbocycles. The highest BCUT2D eigenvalue weighted by Gasteiger charge is 2.22. The van der Waals surface area contributed by atoms with E-state index in [9.17, 15) is 13.2 Å². The zero-order chi connectivity index (χ0) is 14.0. The van der Waals surface area contributed by atoms with E-state index in [1.807, 2.05) is 0 Å². The van der Waals surface area contributed by atoms with Gasteiger partial charge in [-0.3, -0.25) is 4.79 Å². The maximum Gasteiger partial charge on any atom is 0.276 e. The van der Waals surface area contributed by atoms with Gasteiger partial charge in [0.15, 0.2) is 5.82 Å². The minimum atomic E-state index is -3.31. The Kier molecular flexibility index (Phi) is 3.97. The zero-order valence-electron chi connectivity index (χ0n) is 10.4. The number of sulfonamides is 1. The molecule has 0 spiro atoms. The van der Waals surface area contributed by atoms with Crippen LogP contribution in [0.25, 0.3) is 0 Å². The van der Waals surface area contributed by atoms with Crippen molar-refractivity contribution in [3.63, 3.8) is 0 Å². The molecule has 0 saturated heterocycles. The van der Waals surface area contributed by atoms with E-state index >= 15 is 0 Å². The van der Waals surface area contributed by atoms with Crippen LogP contribution < -0.4 is 21.3 Å². The molecule has 0 radical (unpaired) electrons. The number of hydrogen-bond donors (Lipinski definition) is 4. The van der Waals surface area contributed by atoms with Crippen molar-refractivity contribution in [1.82, 2.24) is 14.7 Å². The number of aromatic nitrogens is 2. The summed E-state index contributed by atoms with van der Waals surface area (Å²) >= 11 is 0. The highest BCUT2D eigenvalue weighted by molar-refractivity contribution is 7.88. The highest BCUT2D eigenvalue weighted by atomic mass is 32.2. The number of nitrogen functional groups attached to an aromatic ring is 1. The van der Waals surface area contributed by atoms with E-state index in [0.29, 0.717) is 0 Å². The van der Waals surface area contributed by atoms with E-state index in [4.69, 9.17) is 5.73 Å². The Labute approximate surface area is 105 Å². The average molecular weight is 275 g/mol. The van der Waals surface area contributed by atoms with Gasteiger partial charge < -0.3 is 16.0 Å². The molecule has 0 aliphatic rings. The molecule has 0 saturated carbocycles. The van der Waals surface area contributed by atoms with E-state index in [2.05, 4.69) is 20.0 Å². The van der Waals surface area contributed by atoms with Gasteiger partial charge in [0.05, 0.1) is 12.6 Å². The first-order chi connectivity index (χ1) is 8.11. The molecule has 0 aromatic carbocycles. The van der Waals surface area contributed by atoms with Crippen LogP contribution in [0.4, 0.5) is 11.5 Å². The normalized spacial score (nSPS) is 12.4. The van der Waals surface area contributed by atoms with Crippen LogP contribution in [0.3, 0.4) is 0 Å². The summed E-state index contributed by atoms with van der Waals surface area (Å²) in [7, 11) is -3.31. The lowest BCUT2D eigenvalue weighted by Crippen LogP contribution is -2.48. The van der Waals surface area contributed by atoms with Gasteiger partial charge in [0, 0.05) is 12.1 Å². The number of rotatable bonds is 5. The smallest absolute Gasteiger partial charge is 0.276 e. The number of nitrogens with zero attached hydrogens (tertiary/aromatic N) is 1. The maximum atomic E-state index is 11.2. The Hall–Kier alpha value is -1.61. The SMILES string of the molecule is CC(C)(CNc1nc[nH]c(=O)c1N)NS(C)(=O)=O. The molecule has 0 bridgehead atoms. The maximum absolute atomic E-state index is 11.2.